The Morgan fingerprint density at radius 3 is 2.44 bits per heavy atom. The van der Waals surface area contributed by atoms with Gasteiger partial charge in [-0.05, 0) is 41.4 Å². The fraction of sp³-hybridized carbons (Fsp3) is 0.227. The highest BCUT2D eigenvalue weighted by atomic mass is 127. The molecule has 1 atom stereocenters. The Hall–Kier alpha value is -1.88. The van der Waals surface area contributed by atoms with Crippen molar-refractivity contribution in [3.8, 4) is 11.3 Å². The molecule has 1 aliphatic rings. The van der Waals surface area contributed by atoms with E-state index in [-0.39, 0.29) is 11.7 Å². The van der Waals surface area contributed by atoms with Gasteiger partial charge >= 0.3 is 0 Å². The normalized spacial score (nSPS) is 16.4. The predicted molar refractivity (Wildman–Crippen MR) is 108 cm³/mol. The first-order valence-corrected chi connectivity index (χ1v) is 9.76. The standard InChI is InChI=1S/C22H19IO2/c23-21-20-17(14-18(24)15-8-3-1-4-9-15)12-7-13-19(20)25-22(21)16-10-5-2-6-11-16/h1-6,8-11,17H,7,12-14H2. The van der Waals surface area contributed by atoms with Crippen LogP contribution in [0.25, 0.3) is 11.3 Å². The molecule has 3 heteroatoms. The van der Waals surface area contributed by atoms with E-state index in [9.17, 15) is 4.79 Å². The second-order valence-electron chi connectivity index (χ2n) is 6.53. The van der Waals surface area contributed by atoms with Crippen LogP contribution in [0.15, 0.2) is 65.1 Å². The number of carbonyl (C=O) groups is 1. The van der Waals surface area contributed by atoms with Gasteiger partial charge in [0, 0.05) is 29.5 Å². The van der Waals surface area contributed by atoms with Crippen LogP contribution in [0.3, 0.4) is 0 Å². The first kappa shape index (κ1) is 16.6. The van der Waals surface area contributed by atoms with Gasteiger partial charge in [-0.1, -0.05) is 60.7 Å². The number of hydrogen-bond donors (Lipinski definition) is 0. The number of hydrogen-bond acceptors (Lipinski definition) is 2. The van der Waals surface area contributed by atoms with E-state index < -0.39 is 0 Å². The topological polar surface area (TPSA) is 30.2 Å². The molecule has 2 aromatic carbocycles. The highest BCUT2D eigenvalue weighted by Gasteiger charge is 2.30. The van der Waals surface area contributed by atoms with Crippen LogP contribution in [0.4, 0.5) is 0 Å². The molecule has 0 amide bonds. The maximum atomic E-state index is 12.7. The number of carbonyl (C=O) groups excluding carboxylic acids is 1. The molecule has 4 rings (SSSR count). The Kier molecular flexibility index (Phi) is 4.75. The minimum Gasteiger partial charge on any atom is -0.460 e. The Bertz CT molecular complexity index is 881. The van der Waals surface area contributed by atoms with Gasteiger partial charge in [0.05, 0.1) is 3.57 Å². The van der Waals surface area contributed by atoms with Crippen LogP contribution in [0.1, 0.15) is 46.9 Å². The van der Waals surface area contributed by atoms with Gasteiger partial charge in [-0.15, -0.1) is 0 Å². The number of benzene rings is 2. The van der Waals surface area contributed by atoms with Crippen LogP contribution in [-0.4, -0.2) is 5.78 Å². The third-order valence-electron chi connectivity index (χ3n) is 4.89. The van der Waals surface area contributed by atoms with E-state index in [4.69, 9.17) is 4.42 Å². The average molecular weight is 442 g/mol. The van der Waals surface area contributed by atoms with Gasteiger partial charge in [-0.2, -0.15) is 0 Å². The minimum atomic E-state index is 0.219. The molecular formula is C22H19IO2. The highest BCUT2D eigenvalue weighted by Crippen LogP contribution is 2.43. The van der Waals surface area contributed by atoms with Gasteiger partial charge in [0.2, 0.25) is 0 Å². The molecule has 25 heavy (non-hydrogen) atoms. The molecule has 126 valence electrons. The lowest BCUT2D eigenvalue weighted by atomic mass is 9.83. The zero-order valence-electron chi connectivity index (χ0n) is 13.9. The van der Waals surface area contributed by atoms with Crippen molar-refractivity contribution in [1.82, 2.24) is 0 Å². The van der Waals surface area contributed by atoms with E-state index in [1.54, 1.807) is 0 Å². The molecule has 0 fully saturated rings. The lowest BCUT2D eigenvalue weighted by Crippen LogP contribution is -2.13. The van der Waals surface area contributed by atoms with Crippen LogP contribution < -0.4 is 0 Å². The fourth-order valence-corrected chi connectivity index (χ4v) is 4.82. The van der Waals surface area contributed by atoms with Gasteiger partial charge in [-0.25, -0.2) is 0 Å². The summed E-state index contributed by atoms with van der Waals surface area (Å²) in [5, 5.41) is 0. The summed E-state index contributed by atoms with van der Waals surface area (Å²) in [7, 11) is 0. The zero-order valence-corrected chi connectivity index (χ0v) is 16.0. The predicted octanol–water partition coefficient (Wildman–Crippen LogP) is 6.24. The van der Waals surface area contributed by atoms with E-state index in [1.165, 1.54) is 9.13 Å². The molecule has 0 bridgehead atoms. The van der Waals surface area contributed by atoms with E-state index >= 15 is 0 Å². The zero-order chi connectivity index (χ0) is 17.2. The number of halogens is 1. The van der Waals surface area contributed by atoms with Gasteiger partial charge in [0.1, 0.15) is 11.5 Å². The van der Waals surface area contributed by atoms with E-state index in [2.05, 4.69) is 34.7 Å². The van der Waals surface area contributed by atoms with Crippen molar-refractivity contribution in [3.63, 3.8) is 0 Å². The molecule has 1 heterocycles. The van der Waals surface area contributed by atoms with Gasteiger partial charge < -0.3 is 4.42 Å². The Morgan fingerprint density at radius 1 is 1.04 bits per heavy atom. The monoisotopic (exact) mass is 442 g/mol. The molecule has 0 saturated carbocycles. The van der Waals surface area contributed by atoms with Crippen molar-refractivity contribution in [1.29, 1.82) is 0 Å². The maximum Gasteiger partial charge on any atom is 0.163 e. The summed E-state index contributed by atoms with van der Waals surface area (Å²) in [5.41, 5.74) is 3.17. The smallest absolute Gasteiger partial charge is 0.163 e. The summed E-state index contributed by atoms with van der Waals surface area (Å²) in [6, 6.07) is 19.8. The highest BCUT2D eigenvalue weighted by molar-refractivity contribution is 14.1. The van der Waals surface area contributed by atoms with Gasteiger partial charge in [0.25, 0.3) is 0 Å². The lowest BCUT2D eigenvalue weighted by Gasteiger charge is -2.21. The molecule has 0 spiro atoms. The molecule has 1 aromatic heterocycles. The first-order chi connectivity index (χ1) is 12.2. The largest absolute Gasteiger partial charge is 0.460 e. The first-order valence-electron chi connectivity index (χ1n) is 8.69. The Morgan fingerprint density at radius 2 is 1.72 bits per heavy atom. The molecule has 1 aliphatic carbocycles. The summed E-state index contributed by atoms with van der Waals surface area (Å²) in [6.07, 6.45) is 3.65. The van der Waals surface area contributed by atoms with Gasteiger partial charge in [-0.3, -0.25) is 4.79 Å². The molecule has 2 nitrogen and oxygen atoms in total. The van der Waals surface area contributed by atoms with Crippen molar-refractivity contribution < 1.29 is 9.21 Å². The number of ketones is 1. The third kappa shape index (κ3) is 3.30. The van der Waals surface area contributed by atoms with Crippen molar-refractivity contribution in [2.24, 2.45) is 0 Å². The summed E-state index contributed by atoms with van der Waals surface area (Å²) >= 11 is 2.39. The second-order valence-corrected chi connectivity index (χ2v) is 7.61. The van der Waals surface area contributed by atoms with Crippen molar-refractivity contribution >= 4 is 28.4 Å². The third-order valence-corrected chi connectivity index (χ3v) is 5.96. The van der Waals surface area contributed by atoms with Crippen molar-refractivity contribution in [2.75, 3.05) is 0 Å². The van der Waals surface area contributed by atoms with Crippen LogP contribution in [-0.2, 0) is 6.42 Å². The molecule has 0 radical (unpaired) electrons. The number of aryl methyl sites for hydroxylation is 1. The Labute approximate surface area is 161 Å². The van der Waals surface area contributed by atoms with Crippen molar-refractivity contribution in [2.45, 2.75) is 31.6 Å². The van der Waals surface area contributed by atoms with Crippen LogP contribution in [0.2, 0.25) is 0 Å². The maximum absolute atomic E-state index is 12.7. The van der Waals surface area contributed by atoms with Crippen LogP contribution in [0.5, 0.6) is 0 Å². The van der Waals surface area contributed by atoms with E-state index in [0.29, 0.717) is 6.42 Å². The van der Waals surface area contributed by atoms with E-state index in [0.717, 1.165) is 41.9 Å². The second kappa shape index (κ2) is 7.16. The summed E-state index contributed by atoms with van der Waals surface area (Å²) in [6.45, 7) is 0. The van der Waals surface area contributed by atoms with Crippen molar-refractivity contribution in [3.05, 3.63) is 81.1 Å². The summed E-state index contributed by atoms with van der Waals surface area (Å²) < 4.78 is 7.39. The molecule has 0 N–H and O–H groups in total. The average Bonchev–Trinajstić information content (AvgIpc) is 3.01. The molecule has 1 unspecified atom stereocenters. The number of Topliss-reactive ketones (excluding diaryl/α,β-unsaturated/α-hetero) is 1. The van der Waals surface area contributed by atoms with Crippen LogP contribution >= 0.6 is 22.6 Å². The minimum absolute atomic E-state index is 0.219. The van der Waals surface area contributed by atoms with Crippen LogP contribution in [0, 0.1) is 3.57 Å². The summed E-state index contributed by atoms with van der Waals surface area (Å²) in [5.74, 6) is 2.49. The number of fused-ring (bicyclic) bond motifs is 1. The quantitative estimate of drug-likeness (QED) is 0.354. The van der Waals surface area contributed by atoms with E-state index in [1.807, 2.05) is 48.5 Å². The van der Waals surface area contributed by atoms with Gasteiger partial charge in [0.15, 0.2) is 5.78 Å². The number of rotatable bonds is 4. The summed E-state index contributed by atoms with van der Waals surface area (Å²) in [4.78, 5) is 12.7. The number of furan rings is 1. The Balaban J connectivity index is 1.66. The lowest BCUT2D eigenvalue weighted by molar-refractivity contribution is 0.0970. The fourth-order valence-electron chi connectivity index (χ4n) is 3.66. The molecule has 0 aliphatic heterocycles. The molecule has 3 aromatic rings. The molecular weight excluding hydrogens is 423 g/mol. The SMILES string of the molecule is O=C(CC1CCCc2oc(-c3ccccc3)c(I)c21)c1ccccc1. The molecule has 0 saturated heterocycles.